The van der Waals surface area contributed by atoms with Gasteiger partial charge in [0, 0.05) is 11.6 Å². The van der Waals surface area contributed by atoms with Crippen LogP contribution in [-0.4, -0.2) is 14.7 Å². The van der Waals surface area contributed by atoms with Gasteiger partial charge in [-0.05, 0) is 12.1 Å². The van der Waals surface area contributed by atoms with Crippen molar-refractivity contribution < 1.29 is 4.79 Å². The third-order valence-corrected chi connectivity index (χ3v) is 3.31. The molecule has 3 nitrogen and oxygen atoms in total. The second-order valence-electron chi connectivity index (χ2n) is 3.29. The summed E-state index contributed by atoms with van der Waals surface area (Å²) in [5.41, 5.74) is 0.601. The summed E-state index contributed by atoms with van der Waals surface area (Å²) in [5.74, 6) is -0.659. The van der Waals surface area contributed by atoms with Crippen LogP contribution in [0.1, 0.15) is 0 Å². The molecule has 1 amide bonds. The Bertz CT molecular complexity index is 525. The first-order valence-corrected chi connectivity index (χ1v) is 6.87. The maximum absolute atomic E-state index is 12.2. The molecule has 1 heterocycles. The quantitative estimate of drug-likeness (QED) is 0.778. The second-order valence-corrected chi connectivity index (χ2v) is 6.44. The number of alkyl halides is 3. The zero-order valence-corrected chi connectivity index (χ0v) is 12.0. The van der Waals surface area contributed by atoms with E-state index in [2.05, 4.69) is 4.98 Å². The summed E-state index contributed by atoms with van der Waals surface area (Å²) in [5, 5.41) is 2.20. The number of rotatable bonds is 2. The number of benzene rings is 1. The lowest BCUT2D eigenvalue weighted by Gasteiger charge is -2.23. The lowest BCUT2D eigenvalue weighted by atomic mass is 10.3. The predicted molar refractivity (Wildman–Crippen MR) is 76.0 cm³/mol. The minimum atomic E-state index is -2.03. The van der Waals surface area contributed by atoms with Crippen LogP contribution in [0.4, 0.5) is 10.8 Å². The number of nitrogens with zero attached hydrogens (tertiary/aromatic N) is 2. The summed E-state index contributed by atoms with van der Waals surface area (Å²) in [4.78, 5) is 17.5. The Morgan fingerprint density at radius 3 is 2.39 bits per heavy atom. The Hall–Kier alpha value is -0.810. The number of halogens is 3. The van der Waals surface area contributed by atoms with E-state index in [0.29, 0.717) is 10.8 Å². The van der Waals surface area contributed by atoms with Crippen molar-refractivity contribution in [3.63, 3.8) is 0 Å². The number of hydrogen-bond acceptors (Lipinski definition) is 3. The van der Waals surface area contributed by atoms with Gasteiger partial charge in [-0.3, -0.25) is 9.69 Å². The number of hydrogen-bond donors (Lipinski definition) is 0. The van der Waals surface area contributed by atoms with E-state index >= 15 is 0 Å². The van der Waals surface area contributed by atoms with Gasteiger partial charge < -0.3 is 0 Å². The molecule has 1 aromatic heterocycles. The monoisotopic (exact) mass is 320 g/mol. The highest BCUT2D eigenvalue weighted by Crippen LogP contribution is 2.35. The molecule has 0 unspecified atom stereocenters. The summed E-state index contributed by atoms with van der Waals surface area (Å²) in [6.45, 7) is 0. The summed E-state index contributed by atoms with van der Waals surface area (Å²) in [7, 11) is 0. The van der Waals surface area contributed by atoms with Crippen LogP contribution in [0, 0.1) is 0 Å². The van der Waals surface area contributed by atoms with E-state index in [9.17, 15) is 4.79 Å². The van der Waals surface area contributed by atoms with Crippen LogP contribution in [0.15, 0.2) is 41.9 Å². The summed E-state index contributed by atoms with van der Waals surface area (Å²) in [6.07, 6.45) is 1.58. The van der Waals surface area contributed by atoms with E-state index in [1.807, 2.05) is 6.07 Å². The minimum Gasteiger partial charge on any atom is -0.269 e. The molecule has 0 aliphatic rings. The van der Waals surface area contributed by atoms with Gasteiger partial charge in [0.25, 0.3) is 9.70 Å². The molecule has 1 aromatic carbocycles. The van der Waals surface area contributed by atoms with E-state index in [-0.39, 0.29) is 0 Å². The molecule has 0 atom stereocenters. The fourth-order valence-corrected chi connectivity index (χ4v) is 2.26. The highest BCUT2D eigenvalue weighted by Gasteiger charge is 2.37. The Morgan fingerprint density at radius 2 is 1.89 bits per heavy atom. The van der Waals surface area contributed by atoms with Crippen molar-refractivity contribution in [2.45, 2.75) is 3.79 Å². The molecule has 94 valence electrons. The third-order valence-electron chi connectivity index (χ3n) is 2.07. The van der Waals surface area contributed by atoms with Crippen molar-refractivity contribution in [1.29, 1.82) is 0 Å². The Morgan fingerprint density at radius 1 is 1.22 bits per heavy atom. The largest absolute Gasteiger partial charge is 0.285 e. The summed E-state index contributed by atoms with van der Waals surface area (Å²) >= 11 is 18.3. The lowest BCUT2D eigenvalue weighted by Crippen LogP contribution is -2.36. The molecule has 2 rings (SSSR count). The molecule has 0 spiro atoms. The van der Waals surface area contributed by atoms with Gasteiger partial charge in [-0.1, -0.05) is 53.0 Å². The number of anilines is 2. The molecular formula is C11H7Cl3N2OS. The summed E-state index contributed by atoms with van der Waals surface area (Å²) in [6, 6.07) is 8.91. The van der Waals surface area contributed by atoms with Crippen LogP contribution >= 0.6 is 46.1 Å². The van der Waals surface area contributed by atoms with Crippen LogP contribution in [-0.2, 0) is 4.79 Å². The average molecular weight is 322 g/mol. The molecule has 0 saturated carbocycles. The van der Waals surface area contributed by atoms with Crippen molar-refractivity contribution in [2.75, 3.05) is 4.90 Å². The molecule has 0 radical (unpaired) electrons. The highest BCUT2D eigenvalue weighted by molar-refractivity contribution is 7.14. The molecule has 2 aromatic rings. The first kappa shape index (κ1) is 13.6. The SMILES string of the molecule is O=C(N(c1ccccc1)c1nccs1)C(Cl)(Cl)Cl. The Kier molecular flexibility index (Phi) is 4.12. The van der Waals surface area contributed by atoms with Crippen LogP contribution in [0.2, 0.25) is 0 Å². The molecule has 0 bridgehead atoms. The maximum atomic E-state index is 12.2. The lowest BCUT2D eigenvalue weighted by molar-refractivity contribution is -0.117. The predicted octanol–water partition coefficient (Wildman–Crippen LogP) is 4.18. The van der Waals surface area contributed by atoms with Crippen LogP contribution in [0.3, 0.4) is 0 Å². The van der Waals surface area contributed by atoms with E-state index in [0.717, 1.165) is 0 Å². The normalized spacial score (nSPS) is 11.3. The standard InChI is InChI=1S/C11H7Cl3N2OS/c12-11(13,14)9(17)16(10-15-6-7-18-10)8-4-2-1-3-5-8/h1-7H. The molecule has 0 aliphatic heterocycles. The van der Waals surface area contributed by atoms with Crippen LogP contribution < -0.4 is 4.90 Å². The number of para-hydroxylation sites is 1. The van der Waals surface area contributed by atoms with Gasteiger partial charge in [0.05, 0.1) is 5.69 Å². The average Bonchev–Trinajstić information content (AvgIpc) is 2.83. The number of carbonyl (C=O) groups is 1. The maximum Gasteiger partial charge on any atom is 0.285 e. The van der Waals surface area contributed by atoms with Gasteiger partial charge in [0.15, 0.2) is 5.13 Å². The van der Waals surface area contributed by atoms with Gasteiger partial charge >= 0.3 is 0 Å². The van der Waals surface area contributed by atoms with Crippen molar-refractivity contribution >= 4 is 62.9 Å². The minimum absolute atomic E-state index is 0.456. The van der Waals surface area contributed by atoms with Gasteiger partial charge in [0.2, 0.25) is 0 Å². The molecule has 18 heavy (non-hydrogen) atoms. The van der Waals surface area contributed by atoms with E-state index in [1.165, 1.54) is 16.2 Å². The van der Waals surface area contributed by atoms with Gasteiger partial charge in [-0.2, -0.15) is 0 Å². The van der Waals surface area contributed by atoms with Crippen molar-refractivity contribution in [3.8, 4) is 0 Å². The van der Waals surface area contributed by atoms with E-state index in [1.54, 1.807) is 35.8 Å². The fraction of sp³-hybridized carbons (Fsp3) is 0.0909. The summed E-state index contributed by atoms with van der Waals surface area (Å²) < 4.78 is -2.03. The zero-order valence-electron chi connectivity index (χ0n) is 8.89. The van der Waals surface area contributed by atoms with Gasteiger partial charge in [-0.15, -0.1) is 11.3 Å². The number of thiazole rings is 1. The highest BCUT2D eigenvalue weighted by atomic mass is 35.6. The number of aromatic nitrogens is 1. The van der Waals surface area contributed by atoms with E-state index < -0.39 is 9.70 Å². The topological polar surface area (TPSA) is 33.2 Å². The molecule has 0 fully saturated rings. The molecule has 0 aliphatic carbocycles. The first-order valence-electron chi connectivity index (χ1n) is 4.86. The molecule has 0 N–H and O–H groups in total. The Balaban J connectivity index is 2.46. The van der Waals surface area contributed by atoms with Crippen molar-refractivity contribution in [1.82, 2.24) is 4.98 Å². The molecular weight excluding hydrogens is 315 g/mol. The third kappa shape index (κ3) is 2.95. The van der Waals surface area contributed by atoms with Crippen LogP contribution in [0.5, 0.6) is 0 Å². The first-order chi connectivity index (χ1) is 8.50. The van der Waals surface area contributed by atoms with Gasteiger partial charge in [-0.25, -0.2) is 4.98 Å². The van der Waals surface area contributed by atoms with Crippen molar-refractivity contribution in [2.24, 2.45) is 0 Å². The Labute approximate surface area is 123 Å². The van der Waals surface area contributed by atoms with Crippen molar-refractivity contribution in [3.05, 3.63) is 41.9 Å². The van der Waals surface area contributed by atoms with Gasteiger partial charge in [0.1, 0.15) is 0 Å². The van der Waals surface area contributed by atoms with Crippen LogP contribution in [0.25, 0.3) is 0 Å². The second kappa shape index (κ2) is 5.45. The van der Waals surface area contributed by atoms with E-state index in [4.69, 9.17) is 34.8 Å². The smallest absolute Gasteiger partial charge is 0.269 e. The fourth-order valence-electron chi connectivity index (χ4n) is 1.34. The molecule has 0 saturated heterocycles. The number of amides is 1. The zero-order chi connectivity index (χ0) is 13.2. The number of carbonyl (C=O) groups excluding carboxylic acids is 1. The molecule has 7 heteroatoms.